The Morgan fingerprint density at radius 2 is 2.31 bits per heavy atom. The smallest absolute Gasteiger partial charge is 0.108 e. The van der Waals surface area contributed by atoms with Gasteiger partial charge >= 0.3 is 0 Å². The first kappa shape index (κ1) is 11.9. The number of hydrogen-bond donors (Lipinski definition) is 1. The highest BCUT2D eigenvalue weighted by molar-refractivity contribution is 14.1. The van der Waals surface area contributed by atoms with Crippen LogP contribution >= 0.6 is 22.6 Å². The van der Waals surface area contributed by atoms with Gasteiger partial charge in [-0.3, -0.25) is 0 Å². The lowest BCUT2D eigenvalue weighted by atomic mass is 10.2. The van der Waals surface area contributed by atoms with Crippen LogP contribution in [0.25, 0.3) is 6.08 Å². The van der Waals surface area contributed by atoms with Gasteiger partial charge in [-0.1, -0.05) is 12.7 Å². The molecular weight excluding hydrogens is 313 g/mol. The second-order valence-electron chi connectivity index (χ2n) is 3.87. The standard InChI is InChI=1S/C12H16IN3/c1-2-10-8-11(9-15-12(10)13)16-6-3-4-14-5-7-16/h2,8-9,14H,1,3-7H2. The van der Waals surface area contributed by atoms with E-state index in [0.717, 1.165) is 35.4 Å². The minimum atomic E-state index is 1.02. The fraction of sp³-hybridized carbons (Fsp3) is 0.417. The average Bonchev–Trinajstić information content (AvgIpc) is 2.58. The summed E-state index contributed by atoms with van der Waals surface area (Å²) in [4.78, 5) is 6.79. The molecule has 1 aliphatic heterocycles. The van der Waals surface area contributed by atoms with Gasteiger partial charge in [-0.05, 0) is 41.6 Å². The molecule has 0 spiro atoms. The summed E-state index contributed by atoms with van der Waals surface area (Å²) in [5.41, 5.74) is 2.33. The monoisotopic (exact) mass is 329 g/mol. The molecule has 1 aromatic heterocycles. The first-order valence-corrected chi connectivity index (χ1v) is 6.63. The van der Waals surface area contributed by atoms with Crippen molar-refractivity contribution in [1.82, 2.24) is 10.3 Å². The van der Waals surface area contributed by atoms with E-state index >= 15 is 0 Å². The summed E-state index contributed by atoms with van der Waals surface area (Å²) >= 11 is 2.24. The summed E-state index contributed by atoms with van der Waals surface area (Å²) in [5.74, 6) is 0. The van der Waals surface area contributed by atoms with Crippen molar-refractivity contribution in [2.24, 2.45) is 0 Å². The van der Waals surface area contributed by atoms with Crippen molar-refractivity contribution in [3.05, 3.63) is 28.1 Å². The molecule has 3 nitrogen and oxygen atoms in total. The van der Waals surface area contributed by atoms with Crippen LogP contribution in [-0.2, 0) is 0 Å². The van der Waals surface area contributed by atoms with Gasteiger partial charge in [-0.25, -0.2) is 4.98 Å². The van der Waals surface area contributed by atoms with E-state index in [-0.39, 0.29) is 0 Å². The number of nitrogens with one attached hydrogen (secondary N) is 1. The molecular formula is C12H16IN3. The zero-order valence-corrected chi connectivity index (χ0v) is 11.4. The van der Waals surface area contributed by atoms with E-state index in [2.05, 4.69) is 50.4 Å². The Hall–Kier alpha value is -0.620. The van der Waals surface area contributed by atoms with E-state index in [1.807, 2.05) is 12.3 Å². The van der Waals surface area contributed by atoms with Gasteiger partial charge in [0.25, 0.3) is 0 Å². The molecule has 0 aliphatic carbocycles. The number of anilines is 1. The van der Waals surface area contributed by atoms with Gasteiger partial charge < -0.3 is 10.2 Å². The topological polar surface area (TPSA) is 28.2 Å². The number of aromatic nitrogens is 1. The van der Waals surface area contributed by atoms with Crippen LogP contribution in [0.5, 0.6) is 0 Å². The van der Waals surface area contributed by atoms with Crippen molar-refractivity contribution in [2.75, 3.05) is 31.1 Å². The molecule has 86 valence electrons. The normalized spacial score (nSPS) is 16.9. The molecule has 16 heavy (non-hydrogen) atoms. The number of halogens is 1. The highest BCUT2D eigenvalue weighted by Crippen LogP contribution is 2.20. The molecule has 0 bridgehead atoms. The Kier molecular flexibility index (Phi) is 4.17. The molecule has 0 unspecified atom stereocenters. The zero-order valence-electron chi connectivity index (χ0n) is 9.25. The molecule has 0 radical (unpaired) electrons. The Balaban J connectivity index is 2.21. The third-order valence-electron chi connectivity index (χ3n) is 2.78. The molecule has 0 atom stereocenters. The summed E-state index contributed by atoms with van der Waals surface area (Å²) in [6.45, 7) is 8.14. The van der Waals surface area contributed by atoms with E-state index in [1.165, 1.54) is 12.1 Å². The van der Waals surface area contributed by atoms with Crippen LogP contribution in [0.3, 0.4) is 0 Å². The maximum atomic E-state index is 4.41. The Labute approximate surface area is 110 Å². The lowest BCUT2D eigenvalue weighted by Crippen LogP contribution is -2.28. The molecule has 1 N–H and O–H groups in total. The van der Waals surface area contributed by atoms with E-state index in [1.54, 1.807) is 0 Å². The molecule has 2 rings (SSSR count). The zero-order chi connectivity index (χ0) is 11.4. The van der Waals surface area contributed by atoms with E-state index in [0.29, 0.717) is 0 Å². The molecule has 1 fully saturated rings. The van der Waals surface area contributed by atoms with Crippen LogP contribution in [0.15, 0.2) is 18.8 Å². The van der Waals surface area contributed by atoms with Crippen molar-refractivity contribution < 1.29 is 0 Å². The summed E-state index contributed by atoms with van der Waals surface area (Å²) in [6, 6.07) is 2.17. The number of hydrogen-bond acceptors (Lipinski definition) is 3. The highest BCUT2D eigenvalue weighted by Gasteiger charge is 2.10. The summed E-state index contributed by atoms with van der Waals surface area (Å²) in [7, 11) is 0. The Morgan fingerprint density at radius 1 is 1.44 bits per heavy atom. The summed E-state index contributed by atoms with van der Waals surface area (Å²) in [6.07, 6.45) is 5.02. The van der Waals surface area contributed by atoms with Gasteiger partial charge in [0.05, 0.1) is 11.9 Å². The van der Waals surface area contributed by atoms with Gasteiger partial charge in [-0.15, -0.1) is 0 Å². The minimum Gasteiger partial charge on any atom is -0.369 e. The number of rotatable bonds is 2. The van der Waals surface area contributed by atoms with Crippen LogP contribution in [-0.4, -0.2) is 31.2 Å². The molecule has 1 aliphatic rings. The van der Waals surface area contributed by atoms with Crippen LogP contribution < -0.4 is 10.2 Å². The van der Waals surface area contributed by atoms with Gasteiger partial charge in [0.15, 0.2) is 0 Å². The van der Waals surface area contributed by atoms with Crippen molar-refractivity contribution in [1.29, 1.82) is 0 Å². The van der Waals surface area contributed by atoms with Crippen LogP contribution in [0.4, 0.5) is 5.69 Å². The Bertz CT molecular complexity index is 371. The maximum absolute atomic E-state index is 4.41. The van der Waals surface area contributed by atoms with Crippen molar-refractivity contribution in [2.45, 2.75) is 6.42 Å². The first-order valence-electron chi connectivity index (χ1n) is 5.55. The van der Waals surface area contributed by atoms with E-state index < -0.39 is 0 Å². The third-order valence-corrected chi connectivity index (χ3v) is 3.68. The fourth-order valence-electron chi connectivity index (χ4n) is 1.87. The van der Waals surface area contributed by atoms with Crippen LogP contribution in [0.1, 0.15) is 12.0 Å². The maximum Gasteiger partial charge on any atom is 0.108 e. The van der Waals surface area contributed by atoms with Crippen LogP contribution in [0.2, 0.25) is 0 Å². The quantitative estimate of drug-likeness (QED) is 0.666. The second-order valence-corrected chi connectivity index (χ2v) is 4.89. The van der Waals surface area contributed by atoms with Gasteiger partial charge in [0.2, 0.25) is 0 Å². The molecule has 4 heteroatoms. The first-order chi connectivity index (χ1) is 7.81. The largest absolute Gasteiger partial charge is 0.369 e. The molecule has 0 aromatic carbocycles. The summed E-state index contributed by atoms with van der Waals surface area (Å²) in [5, 5.41) is 3.40. The second kappa shape index (κ2) is 5.63. The predicted molar refractivity (Wildman–Crippen MR) is 76.7 cm³/mol. The van der Waals surface area contributed by atoms with Crippen LogP contribution in [0, 0.1) is 3.70 Å². The van der Waals surface area contributed by atoms with Crippen molar-refractivity contribution in [3.63, 3.8) is 0 Å². The SMILES string of the molecule is C=Cc1cc(N2CCCNCC2)cnc1I. The third kappa shape index (κ3) is 2.74. The lowest BCUT2D eigenvalue weighted by Gasteiger charge is -2.22. The Morgan fingerprint density at radius 3 is 3.12 bits per heavy atom. The summed E-state index contributed by atoms with van der Waals surface area (Å²) < 4.78 is 1.02. The van der Waals surface area contributed by atoms with Gasteiger partial charge in [0, 0.05) is 25.2 Å². The molecule has 0 saturated carbocycles. The number of nitrogens with zero attached hydrogens (tertiary/aromatic N) is 2. The van der Waals surface area contributed by atoms with Crippen molar-refractivity contribution >= 4 is 34.4 Å². The molecule has 2 heterocycles. The molecule has 0 amide bonds. The highest BCUT2D eigenvalue weighted by atomic mass is 127. The lowest BCUT2D eigenvalue weighted by molar-refractivity contribution is 0.724. The molecule has 1 saturated heterocycles. The van der Waals surface area contributed by atoms with Crippen molar-refractivity contribution in [3.8, 4) is 0 Å². The predicted octanol–water partition coefficient (Wildman–Crippen LogP) is 2.13. The number of pyridine rings is 1. The average molecular weight is 329 g/mol. The molecule has 1 aromatic rings. The van der Waals surface area contributed by atoms with Gasteiger partial charge in [-0.2, -0.15) is 0 Å². The minimum absolute atomic E-state index is 1.02. The fourth-order valence-corrected chi connectivity index (χ4v) is 2.39. The van der Waals surface area contributed by atoms with E-state index in [9.17, 15) is 0 Å². The van der Waals surface area contributed by atoms with Gasteiger partial charge in [0.1, 0.15) is 3.70 Å². The van der Waals surface area contributed by atoms with E-state index in [4.69, 9.17) is 0 Å².